The molecule has 4 rings (SSSR count). The number of ether oxygens (including phenoxy) is 1. The number of urea groups is 1. The first-order valence-corrected chi connectivity index (χ1v) is 12.0. The molecule has 2 fully saturated rings. The number of carbonyl (C=O) groups excluding carboxylic acids is 4. The molecular weight excluding hydrogens is 422 g/mol. The van der Waals surface area contributed by atoms with E-state index in [0.717, 1.165) is 25.8 Å². The lowest BCUT2D eigenvalue weighted by Crippen LogP contribution is -2.61. The van der Waals surface area contributed by atoms with Crippen LogP contribution in [0.5, 0.6) is 0 Å². The second-order valence-electron chi connectivity index (χ2n) is 9.33. The summed E-state index contributed by atoms with van der Waals surface area (Å²) in [6.07, 6.45) is 5.22. The van der Waals surface area contributed by atoms with Gasteiger partial charge in [-0.05, 0) is 49.7 Å². The Hall–Kier alpha value is -2.90. The maximum atomic E-state index is 12.9. The van der Waals surface area contributed by atoms with Crippen molar-refractivity contribution in [2.75, 3.05) is 20.2 Å². The van der Waals surface area contributed by atoms with Gasteiger partial charge >= 0.3 is 12.0 Å². The number of hydrogen-bond acceptors (Lipinski definition) is 5. The van der Waals surface area contributed by atoms with Crippen molar-refractivity contribution < 1.29 is 23.9 Å². The molecule has 4 amide bonds. The summed E-state index contributed by atoms with van der Waals surface area (Å²) in [5.41, 5.74) is 2.55. The summed E-state index contributed by atoms with van der Waals surface area (Å²) in [7, 11) is 1.36. The van der Waals surface area contributed by atoms with Crippen LogP contribution in [0.2, 0.25) is 0 Å². The maximum Gasteiger partial charge on any atom is 0.324 e. The quantitative estimate of drug-likeness (QED) is 0.504. The van der Waals surface area contributed by atoms with Crippen LogP contribution < -0.4 is 5.32 Å². The third-order valence-corrected chi connectivity index (χ3v) is 7.28. The molecule has 1 aromatic rings. The van der Waals surface area contributed by atoms with E-state index in [9.17, 15) is 19.2 Å². The van der Waals surface area contributed by atoms with Crippen LogP contribution in [0.15, 0.2) is 24.3 Å². The number of unbranched alkanes of at least 4 members (excludes halogenated alkanes) is 2. The van der Waals surface area contributed by atoms with Crippen molar-refractivity contribution >= 4 is 23.8 Å². The number of hydrogen-bond donors (Lipinski definition) is 1. The number of carbonyl (C=O) groups is 4. The lowest BCUT2D eigenvalue weighted by Gasteiger charge is -2.41. The highest BCUT2D eigenvalue weighted by Gasteiger charge is 2.45. The average molecular weight is 456 g/mol. The van der Waals surface area contributed by atoms with Crippen LogP contribution in [-0.2, 0) is 32.1 Å². The van der Waals surface area contributed by atoms with Crippen molar-refractivity contribution in [3.8, 4) is 0 Å². The summed E-state index contributed by atoms with van der Waals surface area (Å²) in [6, 6.07) is 7.58. The molecule has 8 nitrogen and oxygen atoms in total. The van der Waals surface area contributed by atoms with Gasteiger partial charge in [-0.1, -0.05) is 30.7 Å². The molecule has 1 N–H and O–H groups in total. The first-order valence-electron chi connectivity index (χ1n) is 12.0. The summed E-state index contributed by atoms with van der Waals surface area (Å²) in [5.74, 6) is -0.786. The Morgan fingerprint density at radius 3 is 2.67 bits per heavy atom. The highest BCUT2D eigenvalue weighted by atomic mass is 16.5. The van der Waals surface area contributed by atoms with Crippen LogP contribution in [0, 0.1) is 11.8 Å². The highest BCUT2D eigenvalue weighted by Crippen LogP contribution is 2.33. The number of amides is 4. The number of fused-ring (bicyclic) bond motifs is 2. The Labute approximate surface area is 194 Å². The monoisotopic (exact) mass is 455 g/mol. The number of esters is 1. The zero-order valence-electron chi connectivity index (χ0n) is 19.3. The molecule has 3 unspecified atom stereocenters. The Balaban J connectivity index is 1.18. The van der Waals surface area contributed by atoms with Gasteiger partial charge < -0.3 is 15.0 Å². The van der Waals surface area contributed by atoms with E-state index >= 15 is 0 Å². The van der Waals surface area contributed by atoms with E-state index in [-0.39, 0.29) is 41.7 Å². The Morgan fingerprint density at radius 1 is 1.09 bits per heavy atom. The third-order valence-electron chi connectivity index (χ3n) is 7.28. The van der Waals surface area contributed by atoms with Gasteiger partial charge in [0.05, 0.1) is 18.9 Å². The van der Waals surface area contributed by atoms with Crippen LogP contribution in [-0.4, -0.2) is 59.9 Å². The van der Waals surface area contributed by atoms with Crippen LogP contribution >= 0.6 is 0 Å². The largest absolute Gasteiger partial charge is 0.469 e. The van der Waals surface area contributed by atoms with Crippen LogP contribution in [0.4, 0.5) is 4.79 Å². The lowest BCUT2D eigenvalue weighted by atomic mass is 9.76. The van der Waals surface area contributed by atoms with Crippen molar-refractivity contribution in [2.24, 2.45) is 11.8 Å². The first kappa shape index (κ1) is 23.3. The Morgan fingerprint density at radius 2 is 1.88 bits per heavy atom. The van der Waals surface area contributed by atoms with Crippen molar-refractivity contribution in [3.05, 3.63) is 35.4 Å². The molecule has 3 aliphatic rings. The Kier molecular flexibility index (Phi) is 7.30. The molecule has 2 heterocycles. The number of nitrogens with zero attached hydrogens (tertiary/aromatic N) is 2. The number of methoxy groups -OCH3 is 1. The minimum absolute atomic E-state index is 0.143. The van der Waals surface area contributed by atoms with Gasteiger partial charge in [0.2, 0.25) is 11.8 Å². The molecule has 0 bridgehead atoms. The zero-order chi connectivity index (χ0) is 23.4. The fourth-order valence-electron chi connectivity index (χ4n) is 5.34. The zero-order valence-corrected chi connectivity index (χ0v) is 19.3. The average Bonchev–Trinajstić information content (AvgIpc) is 2.84. The fourth-order valence-corrected chi connectivity index (χ4v) is 5.34. The van der Waals surface area contributed by atoms with Gasteiger partial charge in [0, 0.05) is 32.1 Å². The van der Waals surface area contributed by atoms with Gasteiger partial charge in [-0.15, -0.1) is 0 Å². The molecule has 178 valence electrons. The predicted molar refractivity (Wildman–Crippen MR) is 121 cm³/mol. The predicted octanol–water partition coefficient (Wildman–Crippen LogP) is 2.64. The van der Waals surface area contributed by atoms with Crippen LogP contribution in [0.1, 0.15) is 56.1 Å². The summed E-state index contributed by atoms with van der Waals surface area (Å²) >= 11 is 0. The van der Waals surface area contributed by atoms with Crippen molar-refractivity contribution in [1.82, 2.24) is 15.1 Å². The molecule has 33 heavy (non-hydrogen) atoms. The number of nitrogens with one attached hydrogen (secondary N) is 1. The molecule has 1 saturated carbocycles. The first-order chi connectivity index (χ1) is 16.0. The van der Waals surface area contributed by atoms with Gasteiger partial charge in [0.15, 0.2) is 0 Å². The summed E-state index contributed by atoms with van der Waals surface area (Å²) in [4.78, 5) is 53.0. The van der Waals surface area contributed by atoms with Crippen LogP contribution in [0.25, 0.3) is 0 Å². The minimum Gasteiger partial charge on any atom is -0.469 e. The summed E-state index contributed by atoms with van der Waals surface area (Å²) in [5, 5.41) is 2.92. The third kappa shape index (κ3) is 5.20. The smallest absolute Gasteiger partial charge is 0.324 e. The fraction of sp³-hybridized carbons (Fsp3) is 0.600. The summed E-state index contributed by atoms with van der Waals surface area (Å²) < 4.78 is 4.82. The van der Waals surface area contributed by atoms with E-state index in [4.69, 9.17) is 4.74 Å². The molecule has 0 radical (unpaired) electrons. The van der Waals surface area contributed by atoms with E-state index in [1.54, 1.807) is 0 Å². The maximum absolute atomic E-state index is 12.9. The van der Waals surface area contributed by atoms with Gasteiger partial charge in [-0.25, -0.2) is 4.79 Å². The van der Waals surface area contributed by atoms with Gasteiger partial charge in [0.25, 0.3) is 0 Å². The van der Waals surface area contributed by atoms with Gasteiger partial charge in [-0.3, -0.25) is 19.3 Å². The normalized spacial score (nSPS) is 24.6. The van der Waals surface area contributed by atoms with Crippen molar-refractivity contribution in [1.29, 1.82) is 0 Å². The number of imide groups is 1. The molecule has 8 heteroatoms. The number of benzene rings is 1. The lowest BCUT2D eigenvalue weighted by molar-refractivity contribution is -0.149. The molecule has 1 aliphatic carbocycles. The molecule has 1 saturated heterocycles. The number of rotatable bonds is 7. The molecule has 3 atom stereocenters. The molecule has 1 aromatic carbocycles. The van der Waals surface area contributed by atoms with Gasteiger partial charge in [-0.2, -0.15) is 0 Å². The molecule has 2 aliphatic heterocycles. The second kappa shape index (κ2) is 10.4. The highest BCUT2D eigenvalue weighted by molar-refractivity contribution is 5.98. The van der Waals surface area contributed by atoms with E-state index in [1.807, 2.05) is 17.0 Å². The SMILES string of the molecule is COC(=O)C1CCC2C(=O)N(CCCCCC(=O)N3CCc4ccccc4C3)C(=O)NC2C1. The van der Waals surface area contributed by atoms with Crippen molar-refractivity contribution in [3.63, 3.8) is 0 Å². The standard InChI is InChI=1S/C25H33N3O5/c1-33-24(31)18-10-11-20-21(15-18)26-25(32)28(23(20)30)13-6-2-3-9-22(29)27-14-12-17-7-4-5-8-19(17)16-27/h4-5,7-8,18,20-21H,2-3,6,9-16H2,1H3,(H,26,32). The molecule has 0 aromatic heterocycles. The topological polar surface area (TPSA) is 96.0 Å². The summed E-state index contributed by atoms with van der Waals surface area (Å²) in [6.45, 7) is 1.80. The van der Waals surface area contributed by atoms with E-state index in [2.05, 4.69) is 17.4 Å². The van der Waals surface area contributed by atoms with Gasteiger partial charge in [0.1, 0.15) is 0 Å². The van der Waals surface area contributed by atoms with Crippen LogP contribution in [0.3, 0.4) is 0 Å². The minimum atomic E-state index is -0.380. The Bertz CT molecular complexity index is 917. The van der Waals surface area contributed by atoms with E-state index < -0.39 is 0 Å². The molecule has 0 spiro atoms. The second-order valence-corrected chi connectivity index (χ2v) is 9.33. The van der Waals surface area contributed by atoms with Crippen molar-refractivity contribution in [2.45, 2.75) is 64.0 Å². The van der Waals surface area contributed by atoms with E-state index in [1.165, 1.54) is 23.1 Å². The molecular formula is C25H33N3O5. The van der Waals surface area contributed by atoms with E-state index in [0.29, 0.717) is 45.2 Å².